The number of carbonyl (C=O) groups is 1. The molecule has 3 N–H and O–H groups in total. The average molecular weight is 200 g/mol. The van der Waals surface area contributed by atoms with E-state index in [9.17, 15) is 4.79 Å². The van der Waals surface area contributed by atoms with Crippen LogP contribution < -0.4 is 10.6 Å². The SMILES string of the molecule is CNC(C)C(=O)NC1CCCC1CO. The molecule has 14 heavy (non-hydrogen) atoms. The van der Waals surface area contributed by atoms with E-state index in [4.69, 9.17) is 5.11 Å². The minimum atomic E-state index is -0.157. The molecule has 0 saturated heterocycles. The minimum Gasteiger partial charge on any atom is -0.396 e. The molecule has 82 valence electrons. The maximum absolute atomic E-state index is 11.5. The second-order valence-electron chi connectivity index (χ2n) is 4.00. The maximum atomic E-state index is 11.5. The molecule has 1 aliphatic carbocycles. The Kier molecular flexibility index (Phi) is 4.35. The van der Waals surface area contributed by atoms with E-state index < -0.39 is 0 Å². The topological polar surface area (TPSA) is 61.4 Å². The Labute approximate surface area is 85.1 Å². The van der Waals surface area contributed by atoms with Gasteiger partial charge in [0.1, 0.15) is 0 Å². The van der Waals surface area contributed by atoms with Gasteiger partial charge in [-0.1, -0.05) is 6.42 Å². The van der Waals surface area contributed by atoms with E-state index in [1.54, 1.807) is 7.05 Å². The number of aliphatic hydroxyl groups is 1. The van der Waals surface area contributed by atoms with Gasteiger partial charge in [-0.05, 0) is 26.8 Å². The summed E-state index contributed by atoms with van der Waals surface area (Å²) in [5.41, 5.74) is 0. The zero-order valence-electron chi connectivity index (χ0n) is 8.92. The molecule has 0 aromatic rings. The van der Waals surface area contributed by atoms with Crippen LogP contribution in [0.3, 0.4) is 0 Å². The van der Waals surface area contributed by atoms with Gasteiger partial charge < -0.3 is 15.7 Å². The van der Waals surface area contributed by atoms with E-state index in [1.807, 2.05) is 6.92 Å². The first kappa shape index (κ1) is 11.5. The monoisotopic (exact) mass is 200 g/mol. The first-order valence-electron chi connectivity index (χ1n) is 5.27. The lowest BCUT2D eigenvalue weighted by atomic mass is 10.0. The molecule has 0 spiro atoms. The number of amides is 1. The van der Waals surface area contributed by atoms with E-state index >= 15 is 0 Å². The van der Waals surface area contributed by atoms with Crippen molar-refractivity contribution in [2.75, 3.05) is 13.7 Å². The lowest BCUT2D eigenvalue weighted by Gasteiger charge is -2.21. The molecule has 1 saturated carbocycles. The normalized spacial score (nSPS) is 28.8. The Morgan fingerprint density at radius 3 is 2.86 bits per heavy atom. The number of aliphatic hydroxyl groups excluding tert-OH is 1. The fourth-order valence-electron chi connectivity index (χ4n) is 1.88. The fourth-order valence-corrected chi connectivity index (χ4v) is 1.88. The molecular formula is C10H20N2O2. The summed E-state index contributed by atoms with van der Waals surface area (Å²) in [6.07, 6.45) is 3.12. The van der Waals surface area contributed by atoms with Crippen LogP contribution in [0.2, 0.25) is 0 Å². The molecule has 1 fully saturated rings. The quantitative estimate of drug-likeness (QED) is 0.592. The minimum absolute atomic E-state index is 0.0258. The first-order valence-corrected chi connectivity index (χ1v) is 5.27. The zero-order chi connectivity index (χ0) is 10.6. The highest BCUT2D eigenvalue weighted by Gasteiger charge is 2.28. The summed E-state index contributed by atoms with van der Waals surface area (Å²) >= 11 is 0. The van der Waals surface area contributed by atoms with Crippen molar-refractivity contribution in [2.24, 2.45) is 5.92 Å². The molecule has 1 amide bonds. The van der Waals surface area contributed by atoms with E-state index in [0.29, 0.717) is 0 Å². The van der Waals surface area contributed by atoms with Crippen LogP contribution in [-0.4, -0.2) is 36.8 Å². The third kappa shape index (κ3) is 2.69. The second kappa shape index (κ2) is 5.32. The van der Waals surface area contributed by atoms with Crippen molar-refractivity contribution in [1.29, 1.82) is 0 Å². The number of carbonyl (C=O) groups excluding carboxylic acids is 1. The van der Waals surface area contributed by atoms with Crippen molar-refractivity contribution in [3.05, 3.63) is 0 Å². The van der Waals surface area contributed by atoms with Gasteiger partial charge in [0.2, 0.25) is 5.91 Å². The van der Waals surface area contributed by atoms with Crippen molar-refractivity contribution in [3.63, 3.8) is 0 Å². The smallest absolute Gasteiger partial charge is 0.237 e. The summed E-state index contributed by atoms with van der Waals surface area (Å²) in [4.78, 5) is 11.5. The predicted octanol–water partition coefficient (Wildman–Crippen LogP) is -0.128. The standard InChI is InChI=1S/C10H20N2O2/c1-7(11-2)10(14)12-9-5-3-4-8(9)6-13/h7-9,11,13H,3-6H2,1-2H3,(H,12,14). The van der Waals surface area contributed by atoms with Crippen LogP contribution in [0.4, 0.5) is 0 Å². The largest absolute Gasteiger partial charge is 0.396 e. The lowest BCUT2D eigenvalue weighted by Crippen LogP contribution is -2.46. The highest BCUT2D eigenvalue weighted by Crippen LogP contribution is 2.24. The third-order valence-corrected chi connectivity index (χ3v) is 3.05. The number of hydrogen-bond donors (Lipinski definition) is 3. The highest BCUT2D eigenvalue weighted by molar-refractivity contribution is 5.81. The summed E-state index contributed by atoms with van der Waals surface area (Å²) in [5.74, 6) is 0.279. The van der Waals surface area contributed by atoms with E-state index in [0.717, 1.165) is 19.3 Å². The van der Waals surface area contributed by atoms with Gasteiger partial charge in [0.25, 0.3) is 0 Å². The zero-order valence-corrected chi connectivity index (χ0v) is 8.92. The number of hydrogen-bond acceptors (Lipinski definition) is 3. The molecule has 0 bridgehead atoms. The molecule has 0 heterocycles. The van der Waals surface area contributed by atoms with Crippen molar-refractivity contribution in [3.8, 4) is 0 Å². The maximum Gasteiger partial charge on any atom is 0.237 e. The van der Waals surface area contributed by atoms with E-state index in [-0.39, 0.29) is 30.5 Å². The molecule has 0 aromatic heterocycles. The van der Waals surface area contributed by atoms with Gasteiger partial charge in [-0.25, -0.2) is 0 Å². The third-order valence-electron chi connectivity index (χ3n) is 3.05. The Morgan fingerprint density at radius 1 is 1.57 bits per heavy atom. The van der Waals surface area contributed by atoms with Gasteiger partial charge in [-0.15, -0.1) is 0 Å². The molecule has 1 rings (SSSR count). The van der Waals surface area contributed by atoms with Gasteiger partial charge in [-0.3, -0.25) is 4.79 Å². The Morgan fingerprint density at radius 2 is 2.29 bits per heavy atom. The number of likely N-dealkylation sites (N-methyl/N-ethyl adjacent to an activating group) is 1. The van der Waals surface area contributed by atoms with Crippen LogP contribution in [0.25, 0.3) is 0 Å². The summed E-state index contributed by atoms with van der Waals surface area (Å²) < 4.78 is 0. The van der Waals surface area contributed by atoms with Gasteiger partial charge in [0, 0.05) is 18.6 Å². The van der Waals surface area contributed by atoms with Gasteiger partial charge in [-0.2, -0.15) is 0 Å². The van der Waals surface area contributed by atoms with Crippen molar-refractivity contribution in [2.45, 2.75) is 38.3 Å². The molecule has 3 unspecified atom stereocenters. The molecule has 0 radical (unpaired) electrons. The van der Waals surface area contributed by atoms with Crippen LogP contribution in [0.5, 0.6) is 0 Å². The average Bonchev–Trinajstić information content (AvgIpc) is 2.63. The summed E-state index contributed by atoms with van der Waals surface area (Å²) in [5, 5.41) is 14.9. The van der Waals surface area contributed by atoms with Crippen LogP contribution in [-0.2, 0) is 4.79 Å². The van der Waals surface area contributed by atoms with Crippen molar-refractivity contribution in [1.82, 2.24) is 10.6 Å². The van der Waals surface area contributed by atoms with E-state index in [2.05, 4.69) is 10.6 Å². The van der Waals surface area contributed by atoms with Crippen LogP contribution >= 0.6 is 0 Å². The van der Waals surface area contributed by atoms with Crippen LogP contribution in [0.1, 0.15) is 26.2 Å². The Balaban J connectivity index is 2.39. The number of rotatable bonds is 4. The molecule has 0 aliphatic heterocycles. The lowest BCUT2D eigenvalue weighted by molar-refractivity contribution is -0.123. The summed E-state index contributed by atoms with van der Waals surface area (Å²) in [7, 11) is 1.77. The fraction of sp³-hybridized carbons (Fsp3) is 0.900. The Bertz CT molecular complexity index is 197. The van der Waals surface area contributed by atoms with Crippen LogP contribution in [0.15, 0.2) is 0 Å². The Hall–Kier alpha value is -0.610. The summed E-state index contributed by atoms with van der Waals surface area (Å²) in [6.45, 7) is 2.01. The van der Waals surface area contributed by atoms with Gasteiger partial charge in [0.05, 0.1) is 6.04 Å². The van der Waals surface area contributed by atoms with Gasteiger partial charge >= 0.3 is 0 Å². The molecular weight excluding hydrogens is 180 g/mol. The molecule has 4 heteroatoms. The van der Waals surface area contributed by atoms with Crippen molar-refractivity contribution >= 4 is 5.91 Å². The summed E-state index contributed by atoms with van der Waals surface area (Å²) in [6, 6.07) is 0.0123. The highest BCUT2D eigenvalue weighted by atomic mass is 16.3. The second-order valence-corrected chi connectivity index (χ2v) is 4.00. The molecule has 4 nitrogen and oxygen atoms in total. The molecule has 3 atom stereocenters. The van der Waals surface area contributed by atoms with Crippen LogP contribution in [0, 0.1) is 5.92 Å². The van der Waals surface area contributed by atoms with Crippen molar-refractivity contribution < 1.29 is 9.90 Å². The predicted molar refractivity (Wildman–Crippen MR) is 54.9 cm³/mol. The first-order chi connectivity index (χ1) is 6.69. The number of nitrogens with one attached hydrogen (secondary N) is 2. The molecule has 1 aliphatic rings. The molecule has 0 aromatic carbocycles. The van der Waals surface area contributed by atoms with E-state index in [1.165, 1.54) is 0 Å². The van der Waals surface area contributed by atoms with Gasteiger partial charge in [0.15, 0.2) is 0 Å².